The first-order valence-electron chi connectivity index (χ1n) is 8.12. The molecule has 5 rings (SSSR count). The molecule has 2 heteroatoms. The molecule has 0 aromatic heterocycles. The maximum Gasteiger partial charge on any atom is 0.294 e. The molecule has 0 bridgehead atoms. The Bertz CT molecular complexity index is 1030. The molecule has 0 saturated heterocycles. The zero-order valence-corrected chi connectivity index (χ0v) is 13.3. The Morgan fingerprint density at radius 2 is 1.58 bits per heavy atom. The first-order valence-corrected chi connectivity index (χ1v) is 8.12. The number of rotatable bonds is 0. The van der Waals surface area contributed by atoms with Gasteiger partial charge in [-0.2, -0.15) is 0 Å². The van der Waals surface area contributed by atoms with Gasteiger partial charge in [0.25, 0.3) is 5.79 Å². The molecule has 0 N–H and O–H groups in total. The van der Waals surface area contributed by atoms with Crippen LogP contribution < -0.4 is 9.47 Å². The smallest absolute Gasteiger partial charge is 0.294 e. The highest BCUT2D eigenvalue weighted by atomic mass is 16.7. The molecule has 0 saturated carbocycles. The van der Waals surface area contributed by atoms with Crippen molar-refractivity contribution in [2.45, 2.75) is 12.7 Å². The summed E-state index contributed by atoms with van der Waals surface area (Å²) in [5.74, 6) is 0.837. The molecule has 2 nitrogen and oxygen atoms in total. The normalized spacial score (nSPS) is 20.8. The molecule has 0 amide bonds. The van der Waals surface area contributed by atoms with E-state index in [0.29, 0.717) is 0 Å². The van der Waals surface area contributed by atoms with E-state index >= 15 is 0 Å². The molecule has 2 heterocycles. The van der Waals surface area contributed by atoms with E-state index in [9.17, 15) is 0 Å². The topological polar surface area (TPSA) is 18.5 Å². The molecule has 2 aliphatic heterocycles. The van der Waals surface area contributed by atoms with Crippen LogP contribution in [-0.2, 0) is 0 Å². The summed E-state index contributed by atoms with van der Waals surface area (Å²) in [5, 5.41) is 2.41. The fourth-order valence-electron chi connectivity index (χ4n) is 3.45. The van der Waals surface area contributed by atoms with Crippen molar-refractivity contribution in [1.82, 2.24) is 0 Å². The Hall–Kier alpha value is -3.00. The fraction of sp³-hybridized carbons (Fsp3) is 0.0909. The van der Waals surface area contributed by atoms with Crippen LogP contribution in [0.15, 0.2) is 72.3 Å². The standard InChI is InChI=1S/C22H16O2/c1-15-14-19-18-8-4-2-6-16(18)10-11-21(19)24-22(15)13-12-17-7-3-5-9-20(17)23-22/h2-14H,1H3. The van der Waals surface area contributed by atoms with E-state index in [1.807, 2.05) is 36.4 Å². The Morgan fingerprint density at radius 1 is 0.792 bits per heavy atom. The lowest BCUT2D eigenvalue weighted by atomic mass is 9.94. The summed E-state index contributed by atoms with van der Waals surface area (Å²) >= 11 is 0. The summed E-state index contributed by atoms with van der Waals surface area (Å²) < 4.78 is 12.6. The van der Waals surface area contributed by atoms with E-state index in [4.69, 9.17) is 9.47 Å². The molecule has 1 spiro atoms. The van der Waals surface area contributed by atoms with Crippen molar-refractivity contribution in [2.24, 2.45) is 0 Å². The Kier molecular flexibility index (Phi) is 2.66. The van der Waals surface area contributed by atoms with Crippen molar-refractivity contribution < 1.29 is 9.47 Å². The van der Waals surface area contributed by atoms with Crippen molar-refractivity contribution in [3.05, 3.63) is 83.4 Å². The monoisotopic (exact) mass is 312 g/mol. The molecule has 0 aliphatic carbocycles. The van der Waals surface area contributed by atoms with Crippen molar-refractivity contribution in [3.63, 3.8) is 0 Å². The Balaban J connectivity index is 1.67. The summed E-state index contributed by atoms with van der Waals surface area (Å²) in [5.41, 5.74) is 3.23. The van der Waals surface area contributed by atoms with Crippen LogP contribution in [0.1, 0.15) is 18.1 Å². The fourth-order valence-corrected chi connectivity index (χ4v) is 3.45. The van der Waals surface area contributed by atoms with Crippen LogP contribution in [-0.4, -0.2) is 5.79 Å². The van der Waals surface area contributed by atoms with Crippen LogP contribution in [0, 0.1) is 0 Å². The van der Waals surface area contributed by atoms with Crippen LogP contribution in [0.3, 0.4) is 0 Å². The molecule has 3 aromatic carbocycles. The molecule has 0 radical (unpaired) electrons. The van der Waals surface area contributed by atoms with Gasteiger partial charge in [-0.3, -0.25) is 0 Å². The van der Waals surface area contributed by atoms with Crippen LogP contribution >= 0.6 is 0 Å². The number of ether oxygens (including phenoxy) is 2. The summed E-state index contributed by atoms with van der Waals surface area (Å²) in [6.07, 6.45) is 6.25. The quantitative estimate of drug-likeness (QED) is 0.550. The lowest BCUT2D eigenvalue weighted by Crippen LogP contribution is -2.44. The molecule has 2 aliphatic rings. The lowest BCUT2D eigenvalue weighted by Gasteiger charge is -2.38. The number of fused-ring (bicyclic) bond motifs is 4. The van der Waals surface area contributed by atoms with Gasteiger partial charge < -0.3 is 9.47 Å². The first-order chi connectivity index (χ1) is 11.8. The van der Waals surface area contributed by atoms with E-state index in [1.54, 1.807) is 0 Å². The second-order valence-electron chi connectivity index (χ2n) is 6.27. The molecular weight excluding hydrogens is 296 g/mol. The number of hydrogen-bond donors (Lipinski definition) is 0. The Morgan fingerprint density at radius 3 is 2.54 bits per heavy atom. The highest BCUT2D eigenvalue weighted by Gasteiger charge is 2.40. The van der Waals surface area contributed by atoms with Crippen molar-refractivity contribution in [1.29, 1.82) is 0 Å². The Labute approximate surface area is 140 Å². The van der Waals surface area contributed by atoms with Crippen LogP contribution in [0.4, 0.5) is 0 Å². The summed E-state index contributed by atoms with van der Waals surface area (Å²) in [7, 11) is 0. The predicted molar refractivity (Wildman–Crippen MR) is 97.1 cm³/mol. The van der Waals surface area contributed by atoms with E-state index in [1.165, 1.54) is 10.8 Å². The van der Waals surface area contributed by atoms with E-state index in [0.717, 1.165) is 28.2 Å². The van der Waals surface area contributed by atoms with Gasteiger partial charge in [0.15, 0.2) is 0 Å². The minimum Gasteiger partial charge on any atom is -0.444 e. The largest absolute Gasteiger partial charge is 0.444 e. The molecule has 1 atom stereocenters. The zero-order chi connectivity index (χ0) is 16.1. The average Bonchev–Trinajstić information content (AvgIpc) is 2.63. The highest BCUT2D eigenvalue weighted by Crippen LogP contribution is 2.43. The number of benzene rings is 3. The minimum absolute atomic E-state index is 0.844. The zero-order valence-electron chi connectivity index (χ0n) is 13.3. The van der Waals surface area contributed by atoms with Gasteiger partial charge in [0.1, 0.15) is 11.5 Å². The van der Waals surface area contributed by atoms with Crippen molar-refractivity contribution >= 4 is 22.9 Å². The van der Waals surface area contributed by atoms with Crippen LogP contribution in [0.5, 0.6) is 11.5 Å². The van der Waals surface area contributed by atoms with Crippen molar-refractivity contribution in [2.75, 3.05) is 0 Å². The predicted octanol–water partition coefficient (Wildman–Crippen LogP) is 5.44. The molecule has 116 valence electrons. The van der Waals surface area contributed by atoms with Gasteiger partial charge in [0.2, 0.25) is 0 Å². The molecule has 0 fully saturated rings. The highest BCUT2D eigenvalue weighted by molar-refractivity contribution is 5.94. The van der Waals surface area contributed by atoms with Gasteiger partial charge in [-0.1, -0.05) is 48.5 Å². The number of para-hydroxylation sites is 1. The second kappa shape index (κ2) is 4.75. The molecule has 24 heavy (non-hydrogen) atoms. The maximum absolute atomic E-state index is 6.36. The molecule has 3 aromatic rings. The third-order valence-electron chi connectivity index (χ3n) is 4.77. The van der Waals surface area contributed by atoms with Gasteiger partial charge in [-0.15, -0.1) is 0 Å². The van der Waals surface area contributed by atoms with Crippen molar-refractivity contribution in [3.8, 4) is 11.5 Å². The minimum atomic E-state index is -0.857. The van der Waals surface area contributed by atoms with Gasteiger partial charge in [-0.25, -0.2) is 0 Å². The second-order valence-corrected chi connectivity index (χ2v) is 6.27. The van der Waals surface area contributed by atoms with Crippen LogP contribution in [0.25, 0.3) is 22.9 Å². The lowest BCUT2D eigenvalue weighted by molar-refractivity contribution is -0.0409. The summed E-state index contributed by atoms with van der Waals surface area (Å²) in [6.45, 7) is 2.06. The van der Waals surface area contributed by atoms with E-state index in [2.05, 4.69) is 49.4 Å². The van der Waals surface area contributed by atoms with Gasteiger partial charge in [0.05, 0.1) is 0 Å². The average molecular weight is 312 g/mol. The van der Waals surface area contributed by atoms with Crippen LogP contribution in [0.2, 0.25) is 0 Å². The SMILES string of the molecule is CC1=Cc2c(ccc3ccccc23)OC12C=Cc1ccccc1O2. The number of hydrogen-bond acceptors (Lipinski definition) is 2. The molecule has 1 unspecified atom stereocenters. The third-order valence-corrected chi connectivity index (χ3v) is 4.77. The maximum atomic E-state index is 6.36. The summed E-state index contributed by atoms with van der Waals surface area (Å²) in [4.78, 5) is 0. The molecular formula is C22H16O2. The van der Waals surface area contributed by atoms with E-state index < -0.39 is 5.79 Å². The van der Waals surface area contributed by atoms with Gasteiger partial charge in [-0.05, 0) is 42.0 Å². The van der Waals surface area contributed by atoms with E-state index in [-0.39, 0.29) is 0 Å². The third kappa shape index (κ3) is 1.83. The summed E-state index contributed by atoms with van der Waals surface area (Å²) in [6, 6.07) is 20.5. The van der Waals surface area contributed by atoms with Gasteiger partial charge in [0, 0.05) is 22.8 Å². The van der Waals surface area contributed by atoms with Gasteiger partial charge >= 0.3 is 0 Å². The first kappa shape index (κ1) is 13.4.